The van der Waals surface area contributed by atoms with Crippen molar-refractivity contribution in [3.05, 3.63) is 51.7 Å². The fourth-order valence-corrected chi connectivity index (χ4v) is 2.15. The number of nitrogens with one attached hydrogen (secondary N) is 1. The summed E-state index contributed by atoms with van der Waals surface area (Å²) in [5.74, 6) is 0.460. The van der Waals surface area contributed by atoms with E-state index in [0.29, 0.717) is 24.5 Å². The van der Waals surface area contributed by atoms with Crippen LogP contribution in [0.3, 0.4) is 0 Å². The van der Waals surface area contributed by atoms with Gasteiger partial charge in [-0.3, -0.25) is 10.1 Å². The first-order valence-corrected chi connectivity index (χ1v) is 6.61. The lowest BCUT2D eigenvalue weighted by molar-refractivity contribution is -0.384. The molecule has 0 atom stereocenters. The molecule has 106 valence electrons. The third kappa shape index (κ3) is 2.96. The Morgan fingerprint density at radius 2 is 2.05 bits per heavy atom. The van der Waals surface area contributed by atoms with E-state index in [0.717, 1.165) is 12.0 Å². The van der Waals surface area contributed by atoms with Crippen molar-refractivity contribution in [1.29, 1.82) is 0 Å². The Kier molecular flexibility index (Phi) is 4.34. The second-order valence-electron chi connectivity index (χ2n) is 4.61. The minimum atomic E-state index is -0.356. The topological polar surface area (TPSA) is 73.0 Å². The highest BCUT2D eigenvalue weighted by Crippen LogP contribution is 2.29. The molecule has 0 fully saturated rings. The van der Waals surface area contributed by atoms with Crippen LogP contribution in [-0.4, -0.2) is 14.7 Å². The number of anilines is 1. The molecular weight excluding hydrogens is 256 g/mol. The smallest absolute Gasteiger partial charge is 0.334 e. The predicted molar refractivity (Wildman–Crippen MR) is 77.6 cm³/mol. The van der Waals surface area contributed by atoms with Crippen LogP contribution in [-0.2, 0) is 20.0 Å². The molecule has 0 unspecified atom stereocenters. The molecule has 20 heavy (non-hydrogen) atoms. The van der Waals surface area contributed by atoms with Crippen LogP contribution < -0.4 is 5.32 Å². The van der Waals surface area contributed by atoms with E-state index in [2.05, 4.69) is 10.4 Å². The van der Waals surface area contributed by atoms with Crippen LogP contribution in [0.15, 0.2) is 30.3 Å². The van der Waals surface area contributed by atoms with E-state index in [4.69, 9.17) is 0 Å². The number of benzene rings is 1. The maximum Gasteiger partial charge on any atom is 0.334 e. The normalized spacial score (nSPS) is 10.5. The number of rotatable bonds is 6. The van der Waals surface area contributed by atoms with E-state index in [9.17, 15) is 10.1 Å². The first-order chi connectivity index (χ1) is 9.63. The van der Waals surface area contributed by atoms with E-state index in [1.165, 1.54) is 0 Å². The molecule has 6 heteroatoms. The van der Waals surface area contributed by atoms with Gasteiger partial charge in [-0.25, -0.2) is 4.68 Å². The third-order valence-electron chi connectivity index (χ3n) is 3.06. The van der Waals surface area contributed by atoms with Gasteiger partial charge in [0.2, 0.25) is 5.82 Å². The van der Waals surface area contributed by atoms with Crippen LogP contribution >= 0.6 is 0 Å². The average molecular weight is 274 g/mol. The van der Waals surface area contributed by atoms with E-state index in [-0.39, 0.29) is 10.6 Å². The molecule has 1 N–H and O–H groups in total. The highest BCUT2D eigenvalue weighted by atomic mass is 16.6. The van der Waals surface area contributed by atoms with Gasteiger partial charge in [-0.2, -0.15) is 5.10 Å². The van der Waals surface area contributed by atoms with Crippen molar-refractivity contribution in [2.24, 2.45) is 7.05 Å². The molecule has 1 aromatic heterocycles. The number of nitrogens with zero attached hydrogens (tertiary/aromatic N) is 3. The number of aromatic nitrogens is 2. The first kappa shape index (κ1) is 14.0. The van der Waals surface area contributed by atoms with Crippen LogP contribution in [0.25, 0.3) is 0 Å². The Hall–Kier alpha value is -2.37. The summed E-state index contributed by atoms with van der Waals surface area (Å²) in [6.07, 6.45) is 1.44. The van der Waals surface area contributed by atoms with Gasteiger partial charge in [-0.05, 0) is 12.0 Å². The van der Waals surface area contributed by atoms with Crippen LogP contribution in [0.4, 0.5) is 11.5 Å². The summed E-state index contributed by atoms with van der Waals surface area (Å²) >= 11 is 0. The summed E-state index contributed by atoms with van der Waals surface area (Å²) < 4.78 is 1.55. The zero-order chi connectivity index (χ0) is 14.5. The highest BCUT2D eigenvalue weighted by Gasteiger charge is 2.25. The molecule has 0 saturated carbocycles. The average Bonchev–Trinajstić information content (AvgIpc) is 2.74. The Morgan fingerprint density at radius 3 is 2.65 bits per heavy atom. The van der Waals surface area contributed by atoms with Gasteiger partial charge in [0.15, 0.2) is 0 Å². The van der Waals surface area contributed by atoms with Crippen molar-refractivity contribution in [2.75, 3.05) is 5.32 Å². The Morgan fingerprint density at radius 1 is 1.35 bits per heavy atom. The SMILES string of the molecule is CCCc1nn(C)c(NCc2ccccc2)c1[N+](=O)[O-]. The molecule has 0 spiro atoms. The van der Waals surface area contributed by atoms with Crippen molar-refractivity contribution in [2.45, 2.75) is 26.3 Å². The van der Waals surface area contributed by atoms with Gasteiger partial charge < -0.3 is 5.32 Å². The van der Waals surface area contributed by atoms with Crippen LogP contribution in [0.5, 0.6) is 0 Å². The second kappa shape index (κ2) is 6.18. The maximum absolute atomic E-state index is 11.3. The van der Waals surface area contributed by atoms with Crippen molar-refractivity contribution < 1.29 is 4.92 Å². The van der Waals surface area contributed by atoms with E-state index in [1.807, 2.05) is 37.3 Å². The number of hydrogen-bond donors (Lipinski definition) is 1. The number of aryl methyl sites for hydroxylation is 2. The quantitative estimate of drug-likeness (QED) is 0.649. The monoisotopic (exact) mass is 274 g/mol. The molecule has 1 heterocycles. The molecular formula is C14H18N4O2. The van der Waals surface area contributed by atoms with Gasteiger partial charge >= 0.3 is 5.69 Å². The molecule has 2 rings (SSSR count). The second-order valence-corrected chi connectivity index (χ2v) is 4.61. The van der Waals surface area contributed by atoms with Gasteiger partial charge in [0.25, 0.3) is 0 Å². The predicted octanol–water partition coefficient (Wildman–Crippen LogP) is 2.89. The molecule has 0 bridgehead atoms. The van der Waals surface area contributed by atoms with Crippen LogP contribution in [0.2, 0.25) is 0 Å². The zero-order valence-corrected chi connectivity index (χ0v) is 11.7. The Bertz CT molecular complexity index is 593. The summed E-state index contributed by atoms with van der Waals surface area (Å²) in [5, 5.41) is 18.6. The van der Waals surface area contributed by atoms with E-state index >= 15 is 0 Å². The third-order valence-corrected chi connectivity index (χ3v) is 3.06. The minimum absolute atomic E-state index is 0.0882. The van der Waals surface area contributed by atoms with Gasteiger partial charge in [0.05, 0.1) is 4.92 Å². The fraction of sp³-hybridized carbons (Fsp3) is 0.357. The molecule has 0 aliphatic heterocycles. The number of nitro groups is 1. The molecule has 1 aromatic carbocycles. The molecule has 0 amide bonds. The van der Waals surface area contributed by atoms with Gasteiger partial charge in [0, 0.05) is 13.6 Å². The fourth-order valence-electron chi connectivity index (χ4n) is 2.15. The van der Waals surface area contributed by atoms with Crippen molar-refractivity contribution in [1.82, 2.24) is 9.78 Å². The van der Waals surface area contributed by atoms with Gasteiger partial charge in [-0.15, -0.1) is 0 Å². The largest absolute Gasteiger partial charge is 0.360 e. The molecule has 0 radical (unpaired) electrons. The van der Waals surface area contributed by atoms with Crippen molar-refractivity contribution in [3.63, 3.8) is 0 Å². The summed E-state index contributed by atoms with van der Waals surface area (Å²) in [5.41, 5.74) is 1.70. The van der Waals surface area contributed by atoms with E-state index < -0.39 is 0 Å². The highest BCUT2D eigenvalue weighted by molar-refractivity contribution is 5.60. The lowest BCUT2D eigenvalue weighted by Crippen LogP contribution is -2.06. The Labute approximate surface area is 117 Å². The summed E-state index contributed by atoms with van der Waals surface area (Å²) in [6, 6.07) is 9.77. The van der Waals surface area contributed by atoms with Crippen LogP contribution in [0.1, 0.15) is 24.6 Å². The standard InChI is InChI=1S/C14H18N4O2/c1-3-7-12-13(18(19)20)14(17(2)16-12)15-10-11-8-5-4-6-9-11/h4-6,8-9,15H,3,7,10H2,1-2H3. The number of hydrogen-bond acceptors (Lipinski definition) is 4. The maximum atomic E-state index is 11.3. The van der Waals surface area contributed by atoms with Gasteiger partial charge in [0.1, 0.15) is 5.69 Å². The van der Waals surface area contributed by atoms with Crippen LogP contribution in [0, 0.1) is 10.1 Å². The first-order valence-electron chi connectivity index (χ1n) is 6.61. The lowest BCUT2D eigenvalue weighted by atomic mass is 10.2. The summed E-state index contributed by atoms with van der Waals surface area (Å²) in [6.45, 7) is 2.52. The summed E-state index contributed by atoms with van der Waals surface area (Å²) in [7, 11) is 1.72. The van der Waals surface area contributed by atoms with Crippen molar-refractivity contribution in [3.8, 4) is 0 Å². The minimum Gasteiger partial charge on any atom is -0.360 e. The van der Waals surface area contributed by atoms with E-state index in [1.54, 1.807) is 11.7 Å². The van der Waals surface area contributed by atoms with Gasteiger partial charge in [-0.1, -0.05) is 43.7 Å². The molecule has 0 saturated heterocycles. The lowest BCUT2D eigenvalue weighted by Gasteiger charge is -2.06. The molecule has 2 aromatic rings. The zero-order valence-electron chi connectivity index (χ0n) is 11.7. The van der Waals surface area contributed by atoms with Crippen molar-refractivity contribution >= 4 is 11.5 Å². The molecule has 0 aliphatic carbocycles. The summed E-state index contributed by atoms with van der Waals surface area (Å²) in [4.78, 5) is 10.9. The Balaban J connectivity index is 2.24. The molecule has 0 aliphatic rings. The molecule has 6 nitrogen and oxygen atoms in total.